The molecule has 0 aliphatic carbocycles. The summed E-state index contributed by atoms with van der Waals surface area (Å²) in [7, 11) is -0.527. The van der Waals surface area contributed by atoms with Gasteiger partial charge in [-0.05, 0) is 59.6 Å². The van der Waals surface area contributed by atoms with Crippen LogP contribution in [0.1, 0.15) is 0 Å². The van der Waals surface area contributed by atoms with Gasteiger partial charge in [0.25, 0.3) is 0 Å². The Hall–Kier alpha value is -1.19. The van der Waals surface area contributed by atoms with E-state index in [1.807, 2.05) is 29.2 Å². The average molecular weight is 456 g/mol. The van der Waals surface area contributed by atoms with Crippen molar-refractivity contribution in [1.29, 1.82) is 0 Å². The fourth-order valence-corrected chi connectivity index (χ4v) is 3.57. The Morgan fingerprint density at radius 3 is 2.79 bits per heavy atom. The molecule has 5 nitrogen and oxygen atoms in total. The minimum atomic E-state index is -0.527. The summed E-state index contributed by atoms with van der Waals surface area (Å²) in [6.45, 7) is 1.22. The molecule has 0 aromatic carbocycles. The molecule has 7 heteroatoms. The molecule has 3 aromatic heterocycles. The lowest BCUT2D eigenvalue weighted by Gasteiger charge is -2.24. The van der Waals surface area contributed by atoms with Gasteiger partial charge in [0.1, 0.15) is 10.4 Å². The van der Waals surface area contributed by atoms with Crippen LogP contribution in [0.3, 0.4) is 0 Å². The van der Waals surface area contributed by atoms with E-state index >= 15 is 0 Å². The molecule has 3 rings (SSSR count). The Morgan fingerprint density at radius 1 is 1.25 bits per heavy atom. The fourth-order valence-electron chi connectivity index (χ4n) is 2.26. The molecule has 3 aromatic rings. The Morgan fingerprint density at radius 2 is 2.08 bits per heavy atom. The molecule has 0 saturated heterocycles. The number of pyridine rings is 2. The zero-order valence-corrected chi connectivity index (χ0v) is 17.0. The quantitative estimate of drug-likeness (QED) is 0.419. The second-order valence-electron chi connectivity index (χ2n) is 6.45. The van der Waals surface area contributed by atoms with Gasteiger partial charge in [-0.15, -0.1) is 0 Å². The maximum atomic E-state index is 5.81. The van der Waals surface area contributed by atoms with E-state index in [0.717, 1.165) is 38.2 Å². The second-order valence-corrected chi connectivity index (χ2v) is 12.1. The zero-order chi connectivity index (χ0) is 17.2. The van der Waals surface area contributed by atoms with Crippen molar-refractivity contribution in [2.75, 3.05) is 31.1 Å². The van der Waals surface area contributed by atoms with Crippen molar-refractivity contribution in [3.8, 4) is 11.3 Å². The van der Waals surface area contributed by atoms with Gasteiger partial charge in [-0.3, -0.25) is 9.97 Å². The van der Waals surface area contributed by atoms with Crippen LogP contribution >= 0.6 is 32.6 Å². The van der Waals surface area contributed by atoms with Gasteiger partial charge in [-0.1, -0.05) is 0 Å². The van der Waals surface area contributed by atoms with Gasteiger partial charge in [-0.25, -0.2) is 14.7 Å². The highest BCUT2D eigenvalue weighted by Crippen LogP contribution is 2.33. The maximum Gasteiger partial charge on any atom is 0.140 e. The summed E-state index contributed by atoms with van der Waals surface area (Å²) in [5, 5.41) is 5.68. The van der Waals surface area contributed by atoms with E-state index in [-0.39, 0.29) is 0 Å². The van der Waals surface area contributed by atoms with Crippen LogP contribution in [-0.4, -0.2) is 50.9 Å². The molecule has 0 N–H and O–H groups in total. The fraction of sp³-hybridized carbons (Fsp3) is 0.353. The molecule has 3 heterocycles. The van der Waals surface area contributed by atoms with Gasteiger partial charge in [0.05, 0.1) is 24.0 Å². The van der Waals surface area contributed by atoms with Crippen molar-refractivity contribution in [3.63, 3.8) is 0 Å². The molecule has 0 amide bonds. The summed E-state index contributed by atoms with van der Waals surface area (Å²) in [5.41, 5.74) is 2.91. The minimum absolute atomic E-state index is 0.461. The highest BCUT2D eigenvalue weighted by atomic mass is 127. The first-order valence-corrected chi connectivity index (χ1v) is 11.7. The number of hydrogen-bond donors (Lipinski definition) is 0. The van der Waals surface area contributed by atoms with Gasteiger partial charge in [0.2, 0.25) is 0 Å². The van der Waals surface area contributed by atoms with Crippen molar-refractivity contribution < 1.29 is 4.74 Å². The van der Waals surface area contributed by atoms with E-state index in [9.17, 15) is 0 Å². The van der Waals surface area contributed by atoms with Gasteiger partial charge in [0, 0.05) is 29.1 Å². The van der Waals surface area contributed by atoms with E-state index in [4.69, 9.17) is 4.74 Å². The highest BCUT2D eigenvalue weighted by Gasteiger charge is 2.11. The minimum Gasteiger partial charge on any atom is -0.358 e. The van der Waals surface area contributed by atoms with E-state index in [0.29, 0.717) is 6.73 Å². The Kier molecular flexibility index (Phi) is 5.41. The van der Waals surface area contributed by atoms with Crippen LogP contribution in [0, 0.1) is 3.70 Å². The number of halogens is 1. The van der Waals surface area contributed by atoms with Crippen LogP contribution in [0.4, 0.5) is 0 Å². The SMILES string of the molecule is CS(C)(C)CCOCn1nc(I)c2cc(-c3cccnc3)ncc21. The molecular weight excluding hydrogens is 435 g/mol. The van der Waals surface area contributed by atoms with Gasteiger partial charge in [0.15, 0.2) is 0 Å². The normalized spacial score (nSPS) is 12.7. The molecule has 0 unspecified atom stereocenters. The molecule has 0 bridgehead atoms. The summed E-state index contributed by atoms with van der Waals surface area (Å²) < 4.78 is 8.65. The molecule has 0 aliphatic rings. The molecule has 0 radical (unpaired) electrons. The summed E-state index contributed by atoms with van der Waals surface area (Å²) in [6, 6.07) is 5.99. The highest BCUT2D eigenvalue weighted by molar-refractivity contribution is 14.1. The molecule has 24 heavy (non-hydrogen) atoms. The molecule has 0 atom stereocenters. The first kappa shape index (κ1) is 17.6. The van der Waals surface area contributed by atoms with Crippen molar-refractivity contribution in [3.05, 3.63) is 40.5 Å². The van der Waals surface area contributed by atoms with Crippen molar-refractivity contribution in [1.82, 2.24) is 19.7 Å². The number of ether oxygens (including phenoxy) is 1. The summed E-state index contributed by atoms with van der Waals surface area (Å²) in [5.74, 6) is 1.10. The van der Waals surface area contributed by atoms with Crippen LogP contribution in [-0.2, 0) is 11.5 Å². The third-order valence-electron chi connectivity index (χ3n) is 3.60. The van der Waals surface area contributed by atoms with Crippen molar-refractivity contribution in [2.45, 2.75) is 6.73 Å². The monoisotopic (exact) mass is 456 g/mol. The average Bonchev–Trinajstić information content (AvgIpc) is 2.87. The Balaban J connectivity index is 1.79. The first-order chi connectivity index (χ1) is 11.4. The molecule has 0 fully saturated rings. The van der Waals surface area contributed by atoms with Crippen LogP contribution < -0.4 is 0 Å². The van der Waals surface area contributed by atoms with E-state index in [1.54, 1.807) is 6.20 Å². The van der Waals surface area contributed by atoms with Crippen LogP contribution in [0.25, 0.3) is 22.2 Å². The van der Waals surface area contributed by atoms with E-state index in [2.05, 4.69) is 62.5 Å². The van der Waals surface area contributed by atoms with Gasteiger partial charge >= 0.3 is 0 Å². The number of aromatic nitrogens is 4. The Bertz CT molecular complexity index is 830. The lowest BCUT2D eigenvalue weighted by Crippen LogP contribution is -2.10. The van der Waals surface area contributed by atoms with Crippen LogP contribution in [0.5, 0.6) is 0 Å². The molecule has 128 valence electrons. The van der Waals surface area contributed by atoms with Gasteiger partial charge in [-0.2, -0.15) is 5.10 Å². The third kappa shape index (κ3) is 4.25. The third-order valence-corrected chi connectivity index (χ3v) is 5.79. The largest absolute Gasteiger partial charge is 0.358 e. The standard InChI is InChI=1S/C17H21IN4OS/c1-24(2,3)8-7-23-12-22-16-11-20-15(9-14(16)17(18)21-22)13-5-4-6-19-10-13/h4-6,9-11H,7-8,12H2,1-3H3. The van der Waals surface area contributed by atoms with E-state index in [1.165, 1.54) is 0 Å². The Labute approximate surface area is 157 Å². The van der Waals surface area contributed by atoms with Crippen LogP contribution in [0.15, 0.2) is 36.8 Å². The topological polar surface area (TPSA) is 52.8 Å². The van der Waals surface area contributed by atoms with Gasteiger partial charge < -0.3 is 4.74 Å². The first-order valence-electron chi connectivity index (χ1n) is 7.60. The maximum absolute atomic E-state index is 5.81. The molecule has 0 aliphatic heterocycles. The second kappa shape index (κ2) is 7.37. The van der Waals surface area contributed by atoms with E-state index < -0.39 is 10.0 Å². The molecule has 0 saturated carbocycles. The zero-order valence-electron chi connectivity index (χ0n) is 14.1. The molecular formula is C17H21IN4OS. The number of hydrogen-bond acceptors (Lipinski definition) is 4. The summed E-state index contributed by atoms with van der Waals surface area (Å²) >= 11 is 2.26. The van der Waals surface area contributed by atoms with Crippen molar-refractivity contribution in [2.24, 2.45) is 0 Å². The predicted octanol–water partition coefficient (Wildman–Crippen LogP) is 3.77. The summed E-state index contributed by atoms with van der Waals surface area (Å²) in [4.78, 5) is 8.72. The molecule has 0 spiro atoms. The summed E-state index contributed by atoms with van der Waals surface area (Å²) in [6.07, 6.45) is 12.3. The smallest absolute Gasteiger partial charge is 0.140 e. The number of rotatable bonds is 6. The van der Waals surface area contributed by atoms with Crippen LogP contribution in [0.2, 0.25) is 0 Å². The lowest BCUT2D eigenvalue weighted by atomic mass is 10.1. The number of nitrogens with zero attached hydrogens (tertiary/aromatic N) is 4. The lowest BCUT2D eigenvalue weighted by molar-refractivity contribution is 0.0838. The number of fused-ring (bicyclic) bond motifs is 1. The van der Waals surface area contributed by atoms with Crippen molar-refractivity contribution >= 4 is 43.5 Å². The predicted molar refractivity (Wildman–Crippen MR) is 110 cm³/mol.